The Morgan fingerprint density at radius 1 is 1.62 bits per heavy atom. The minimum absolute atomic E-state index is 0. The van der Waals surface area contributed by atoms with Gasteiger partial charge in [-0.3, -0.25) is 5.32 Å². The molecule has 4 N–H and O–H groups in total. The van der Waals surface area contributed by atoms with Crippen LogP contribution < -0.4 is 11.5 Å². The molecule has 0 atom stereocenters. The molecule has 8 heavy (non-hydrogen) atoms. The van der Waals surface area contributed by atoms with Crippen LogP contribution in [0.5, 0.6) is 0 Å². The lowest BCUT2D eigenvalue weighted by atomic mass is 10.5. The largest absolute Gasteiger partial charge is 0.368 e. The Morgan fingerprint density at radius 2 is 2.38 bits per heavy atom. The van der Waals surface area contributed by atoms with Crippen molar-refractivity contribution in [1.29, 1.82) is 0 Å². The smallest absolute Gasteiger partial charge is 0.0675 e. The SMILES string of the molecule is CN1C=CCNC1.N. The lowest BCUT2D eigenvalue weighted by Gasteiger charge is -2.17. The predicted molar refractivity (Wildman–Crippen MR) is 34.8 cm³/mol. The van der Waals surface area contributed by atoms with Gasteiger partial charge in [-0.2, -0.15) is 0 Å². The number of nitrogens with one attached hydrogen (secondary N) is 1. The zero-order valence-electron chi connectivity index (χ0n) is 5.22. The van der Waals surface area contributed by atoms with Crippen molar-refractivity contribution in [1.82, 2.24) is 16.4 Å². The molecule has 0 unspecified atom stereocenters. The first-order valence-electron chi connectivity index (χ1n) is 2.47. The average Bonchev–Trinajstić information content (AvgIpc) is 1.69. The molecule has 1 heterocycles. The van der Waals surface area contributed by atoms with Gasteiger partial charge < -0.3 is 11.1 Å². The van der Waals surface area contributed by atoms with E-state index in [1.807, 2.05) is 7.05 Å². The highest BCUT2D eigenvalue weighted by molar-refractivity contribution is 4.86. The quantitative estimate of drug-likeness (QED) is 0.472. The summed E-state index contributed by atoms with van der Waals surface area (Å²) in [5.41, 5.74) is 0. The number of rotatable bonds is 0. The van der Waals surface area contributed by atoms with E-state index in [2.05, 4.69) is 22.5 Å². The van der Waals surface area contributed by atoms with E-state index in [1.165, 1.54) is 0 Å². The Balaban J connectivity index is 0.000000490. The summed E-state index contributed by atoms with van der Waals surface area (Å²) < 4.78 is 0. The Hall–Kier alpha value is -0.540. The fourth-order valence-electron chi connectivity index (χ4n) is 0.610. The van der Waals surface area contributed by atoms with E-state index in [0.29, 0.717) is 0 Å². The molecule has 1 rings (SSSR count). The minimum Gasteiger partial charge on any atom is -0.368 e. The van der Waals surface area contributed by atoms with Gasteiger partial charge in [0.2, 0.25) is 0 Å². The van der Waals surface area contributed by atoms with Crippen LogP contribution in [0.1, 0.15) is 0 Å². The summed E-state index contributed by atoms with van der Waals surface area (Å²) in [6, 6.07) is 0. The summed E-state index contributed by atoms with van der Waals surface area (Å²) >= 11 is 0. The fraction of sp³-hybridized carbons (Fsp3) is 0.600. The first-order valence-corrected chi connectivity index (χ1v) is 2.47. The topological polar surface area (TPSA) is 50.3 Å². The van der Waals surface area contributed by atoms with Crippen LogP contribution in [0.15, 0.2) is 12.3 Å². The molecule has 0 aliphatic carbocycles. The van der Waals surface area contributed by atoms with Gasteiger partial charge in [-0.05, 0) is 6.20 Å². The fourth-order valence-corrected chi connectivity index (χ4v) is 0.610. The maximum absolute atomic E-state index is 3.17. The minimum atomic E-state index is 0. The molecule has 0 aromatic rings. The molecule has 1 aliphatic heterocycles. The van der Waals surface area contributed by atoms with Crippen LogP contribution in [0.25, 0.3) is 0 Å². The highest BCUT2D eigenvalue weighted by Gasteiger charge is 1.91. The first kappa shape index (κ1) is 7.46. The third-order valence-corrected chi connectivity index (χ3v) is 0.983. The predicted octanol–water partition coefficient (Wildman–Crippen LogP) is 0.155. The first-order chi connectivity index (χ1) is 3.39. The molecule has 0 bridgehead atoms. The van der Waals surface area contributed by atoms with E-state index >= 15 is 0 Å². The van der Waals surface area contributed by atoms with Crippen LogP contribution >= 0.6 is 0 Å². The average molecular weight is 115 g/mol. The second kappa shape index (κ2) is 3.46. The number of nitrogens with zero attached hydrogens (tertiary/aromatic N) is 1. The monoisotopic (exact) mass is 115 g/mol. The van der Waals surface area contributed by atoms with Crippen molar-refractivity contribution in [3.05, 3.63) is 12.3 Å². The van der Waals surface area contributed by atoms with Crippen molar-refractivity contribution in [3.63, 3.8) is 0 Å². The van der Waals surface area contributed by atoms with Crippen LogP contribution in [0, 0.1) is 0 Å². The van der Waals surface area contributed by atoms with E-state index in [4.69, 9.17) is 0 Å². The van der Waals surface area contributed by atoms with Gasteiger partial charge in [0.1, 0.15) is 0 Å². The molecule has 0 spiro atoms. The molecule has 0 aromatic heterocycles. The maximum atomic E-state index is 3.17. The Labute approximate surface area is 49.9 Å². The lowest BCUT2D eigenvalue weighted by Crippen LogP contribution is -2.31. The van der Waals surface area contributed by atoms with Gasteiger partial charge in [-0.1, -0.05) is 6.08 Å². The third kappa shape index (κ3) is 1.95. The van der Waals surface area contributed by atoms with Gasteiger partial charge in [0.05, 0.1) is 6.67 Å². The number of hydrogen-bond donors (Lipinski definition) is 2. The van der Waals surface area contributed by atoms with Crippen LogP contribution in [0.3, 0.4) is 0 Å². The second-order valence-corrected chi connectivity index (χ2v) is 1.75. The summed E-state index contributed by atoms with van der Waals surface area (Å²) in [6.45, 7) is 2.00. The third-order valence-electron chi connectivity index (χ3n) is 0.983. The van der Waals surface area contributed by atoms with E-state index < -0.39 is 0 Å². The summed E-state index contributed by atoms with van der Waals surface area (Å²) in [6.07, 6.45) is 4.18. The van der Waals surface area contributed by atoms with Crippen molar-refractivity contribution in [2.45, 2.75) is 0 Å². The van der Waals surface area contributed by atoms with Gasteiger partial charge in [-0.25, -0.2) is 0 Å². The van der Waals surface area contributed by atoms with E-state index in [0.717, 1.165) is 13.2 Å². The zero-order valence-corrected chi connectivity index (χ0v) is 5.22. The summed E-state index contributed by atoms with van der Waals surface area (Å²) in [5.74, 6) is 0. The van der Waals surface area contributed by atoms with Crippen LogP contribution in [0.2, 0.25) is 0 Å². The summed E-state index contributed by atoms with van der Waals surface area (Å²) in [4.78, 5) is 2.10. The van der Waals surface area contributed by atoms with Crippen LogP contribution in [-0.2, 0) is 0 Å². The molecule has 3 nitrogen and oxygen atoms in total. The van der Waals surface area contributed by atoms with Crippen molar-refractivity contribution >= 4 is 0 Å². The molecule has 48 valence electrons. The molecular formula is C5H13N3. The molecule has 0 amide bonds. The maximum Gasteiger partial charge on any atom is 0.0675 e. The van der Waals surface area contributed by atoms with Gasteiger partial charge in [0, 0.05) is 13.6 Å². The second-order valence-electron chi connectivity index (χ2n) is 1.75. The molecule has 1 aliphatic rings. The van der Waals surface area contributed by atoms with Crippen molar-refractivity contribution < 1.29 is 0 Å². The Morgan fingerprint density at radius 3 is 2.62 bits per heavy atom. The van der Waals surface area contributed by atoms with Gasteiger partial charge >= 0.3 is 0 Å². The Kier molecular flexibility index (Phi) is 3.23. The molecular weight excluding hydrogens is 102 g/mol. The van der Waals surface area contributed by atoms with Crippen LogP contribution in [-0.4, -0.2) is 25.2 Å². The molecule has 0 radical (unpaired) electrons. The van der Waals surface area contributed by atoms with Gasteiger partial charge in [0.25, 0.3) is 0 Å². The van der Waals surface area contributed by atoms with E-state index in [1.54, 1.807) is 0 Å². The highest BCUT2D eigenvalue weighted by Crippen LogP contribution is 1.84. The molecule has 3 heteroatoms. The standard InChI is InChI=1S/C5H10N2.H3N/c1-7-4-2-3-6-5-7;/h2,4,6H,3,5H2,1H3;1H3. The Bertz CT molecular complexity index is 79.7. The molecule has 0 aromatic carbocycles. The van der Waals surface area contributed by atoms with Gasteiger partial charge in [-0.15, -0.1) is 0 Å². The molecule has 0 saturated heterocycles. The normalized spacial score (nSPS) is 17.9. The van der Waals surface area contributed by atoms with Crippen molar-refractivity contribution in [3.8, 4) is 0 Å². The van der Waals surface area contributed by atoms with Crippen molar-refractivity contribution in [2.75, 3.05) is 20.3 Å². The summed E-state index contributed by atoms with van der Waals surface area (Å²) in [7, 11) is 2.04. The number of hydrogen-bond acceptors (Lipinski definition) is 3. The molecule has 0 fully saturated rings. The zero-order chi connectivity index (χ0) is 5.11. The lowest BCUT2D eigenvalue weighted by molar-refractivity contribution is 0.399. The van der Waals surface area contributed by atoms with Gasteiger partial charge in [0.15, 0.2) is 0 Å². The molecule has 0 saturated carbocycles. The van der Waals surface area contributed by atoms with E-state index in [9.17, 15) is 0 Å². The van der Waals surface area contributed by atoms with Crippen LogP contribution in [0.4, 0.5) is 0 Å². The highest BCUT2D eigenvalue weighted by atomic mass is 15.2. The van der Waals surface area contributed by atoms with E-state index in [-0.39, 0.29) is 6.15 Å². The summed E-state index contributed by atoms with van der Waals surface area (Å²) in [5, 5.41) is 3.17. The van der Waals surface area contributed by atoms with Crippen molar-refractivity contribution in [2.24, 2.45) is 0 Å².